The first kappa shape index (κ1) is 10.6. The van der Waals surface area contributed by atoms with Gasteiger partial charge in [0, 0.05) is 0 Å². The van der Waals surface area contributed by atoms with Crippen LogP contribution in [0.25, 0.3) is 0 Å². The first-order valence-corrected chi connectivity index (χ1v) is 6.72. The lowest BCUT2D eigenvalue weighted by Gasteiger charge is -2.27. The zero-order chi connectivity index (χ0) is 11.3. The Morgan fingerprint density at radius 1 is 1.44 bits per heavy atom. The summed E-state index contributed by atoms with van der Waals surface area (Å²) in [6.45, 7) is 4.03. The molecule has 88 valence electrons. The van der Waals surface area contributed by atoms with Crippen molar-refractivity contribution < 1.29 is 5.11 Å². The van der Waals surface area contributed by atoms with Crippen LogP contribution in [0.3, 0.4) is 0 Å². The van der Waals surface area contributed by atoms with E-state index in [4.69, 9.17) is 0 Å². The maximum Gasteiger partial charge on any atom is 0.0572 e. The molecule has 0 aromatic carbocycles. The van der Waals surface area contributed by atoms with Crippen molar-refractivity contribution in [1.82, 2.24) is 0 Å². The van der Waals surface area contributed by atoms with Gasteiger partial charge in [-0.15, -0.1) is 0 Å². The van der Waals surface area contributed by atoms with Gasteiger partial charge >= 0.3 is 0 Å². The molecular formula is C15H22O. The highest BCUT2D eigenvalue weighted by atomic mass is 16.3. The second-order valence-corrected chi connectivity index (χ2v) is 6.05. The van der Waals surface area contributed by atoms with Gasteiger partial charge in [-0.2, -0.15) is 0 Å². The molecule has 3 rings (SSSR count). The van der Waals surface area contributed by atoms with Crippen LogP contribution in [0.2, 0.25) is 0 Å². The van der Waals surface area contributed by atoms with Crippen molar-refractivity contribution in [2.75, 3.05) is 0 Å². The third-order valence-corrected chi connectivity index (χ3v) is 5.10. The van der Waals surface area contributed by atoms with E-state index in [1.54, 1.807) is 5.57 Å². The fourth-order valence-corrected chi connectivity index (χ4v) is 4.05. The highest BCUT2D eigenvalue weighted by Gasteiger charge is 2.49. The topological polar surface area (TPSA) is 20.2 Å². The highest BCUT2D eigenvalue weighted by molar-refractivity contribution is 5.27. The van der Waals surface area contributed by atoms with Gasteiger partial charge in [-0.25, -0.2) is 0 Å². The van der Waals surface area contributed by atoms with Gasteiger partial charge in [-0.3, -0.25) is 0 Å². The molecule has 2 saturated carbocycles. The monoisotopic (exact) mass is 218 g/mol. The number of aliphatic hydroxyl groups is 1. The van der Waals surface area contributed by atoms with Gasteiger partial charge in [0.1, 0.15) is 0 Å². The minimum atomic E-state index is -0.207. The van der Waals surface area contributed by atoms with Crippen LogP contribution in [0, 0.1) is 29.6 Å². The number of hydrogen-bond acceptors (Lipinski definition) is 1. The molecular weight excluding hydrogens is 196 g/mol. The summed E-state index contributed by atoms with van der Waals surface area (Å²) in [7, 11) is 0. The van der Waals surface area contributed by atoms with E-state index in [2.05, 4.69) is 25.2 Å². The van der Waals surface area contributed by atoms with Gasteiger partial charge in [0.15, 0.2) is 0 Å². The van der Waals surface area contributed by atoms with Crippen molar-refractivity contribution in [3.8, 4) is 0 Å². The molecule has 0 aromatic rings. The summed E-state index contributed by atoms with van der Waals surface area (Å²) in [4.78, 5) is 0. The number of hydrogen-bond donors (Lipinski definition) is 1. The second-order valence-electron chi connectivity index (χ2n) is 6.05. The summed E-state index contributed by atoms with van der Waals surface area (Å²) in [5, 5.41) is 9.58. The van der Waals surface area contributed by atoms with E-state index in [1.165, 1.54) is 19.3 Å². The van der Waals surface area contributed by atoms with Crippen LogP contribution in [0.15, 0.2) is 23.8 Å². The lowest BCUT2D eigenvalue weighted by molar-refractivity contribution is 0.156. The van der Waals surface area contributed by atoms with Crippen LogP contribution in [0.4, 0.5) is 0 Å². The van der Waals surface area contributed by atoms with Gasteiger partial charge in [0.25, 0.3) is 0 Å². The van der Waals surface area contributed by atoms with Crippen LogP contribution in [-0.4, -0.2) is 11.2 Å². The van der Waals surface area contributed by atoms with E-state index in [-0.39, 0.29) is 6.10 Å². The molecule has 1 N–H and O–H groups in total. The average Bonchev–Trinajstić information content (AvgIpc) is 2.87. The Hall–Kier alpha value is -0.560. The van der Waals surface area contributed by atoms with Crippen LogP contribution < -0.4 is 0 Å². The minimum Gasteiger partial charge on any atom is -0.393 e. The minimum absolute atomic E-state index is 0.207. The zero-order valence-electron chi connectivity index (χ0n) is 10.3. The molecule has 1 nitrogen and oxygen atoms in total. The van der Waals surface area contributed by atoms with Crippen LogP contribution in [-0.2, 0) is 0 Å². The summed E-state index contributed by atoms with van der Waals surface area (Å²) < 4.78 is 0. The third kappa shape index (κ3) is 1.48. The fourth-order valence-electron chi connectivity index (χ4n) is 4.05. The number of fused-ring (bicyclic) bond motifs is 5. The molecule has 3 aliphatic carbocycles. The lowest BCUT2D eigenvalue weighted by atomic mass is 9.78. The molecule has 2 fully saturated rings. The highest BCUT2D eigenvalue weighted by Crippen LogP contribution is 2.58. The Bertz CT molecular complexity index is 339. The molecule has 16 heavy (non-hydrogen) atoms. The van der Waals surface area contributed by atoms with Gasteiger partial charge in [0.05, 0.1) is 6.10 Å². The molecule has 0 heterocycles. The van der Waals surface area contributed by atoms with E-state index in [0.717, 1.165) is 23.7 Å². The van der Waals surface area contributed by atoms with E-state index < -0.39 is 0 Å². The quantitative estimate of drug-likeness (QED) is 0.706. The first-order valence-electron chi connectivity index (χ1n) is 6.72. The summed E-state index contributed by atoms with van der Waals surface area (Å²) in [6, 6.07) is 0. The second kappa shape index (κ2) is 3.73. The van der Waals surface area contributed by atoms with Crippen LogP contribution in [0.5, 0.6) is 0 Å². The number of allylic oxidation sites excluding steroid dienone is 3. The fraction of sp³-hybridized carbons (Fsp3) is 0.733. The smallest absolute Gasteiger partial charge is 0.0572 e. The third-order valence-electron chi connectivity index (χ3n) is 5.10. The molecule has 0 amide bonds. The van der Waals surface area contributed by atoms with Crippen molar-refractivity contribution in [3.05, 3.63) is 23.8 Å². The van der Waals surface area contributed by atoms with Crippen molar-refractivity contribution >= 4 is 0 Å². The summed E-state index contributed by atoms with van der Waals surface area (Å²) in [5.41, 5.74) is 1.64. The zero-order valence-corrected chi connectivity index (χ0v) is 10.3. The average molecular weight is 218 g/mol. The first-order chi connectivity index (χ1) is 7.66. The normalized spacial score (nSPS) is 46.3. The van der Waals surface area contributed by atoms with Gasteiger partial charge in [0.2, 0.25) is 0 Å². The Balaban J connectivity index is 1.79. The summed E-state index contributed by atoms with van der Waals surface area (Å²) >= 11 is 0. The molecule has 0 saturated heterocycles. The predicted molar refractivity (Wildman–Crippen MR) is 65.9 cm³/mol. The van der Waals surface area contributed by atoms with E-state index in [9.17, 15) is 5.11 Å². The van der Waals surface area contributed by atoms with Crippen molar-refractivity contribution in [2.24, 2.45) is 29.6 Å². The molecule has 3 aliphatic rings. The molecule has 6 atom stereocenters. The summed E-state index contributed by atoms with van der Waals surface area (Å²) in [6.07, 6.45) is 11.0. The molecule has 2 unspecified atom stereocenters. The maximum atomic E-state index is 9.58. The molecule has 0 radical (unpaired) electrons. The van der Waals surface area contributed by atoms with Crippen LogP contribution >= 0.6 is 0 Å². The Morgan fingerprint density at radius 2 is 2.25 bits per heavy atom. The maximum absolute atomic E-state index is 9.58. The van der Waals surface area contributed by atoms with Gasteiger partial charge < -0.3 is 5.11 Å². The Labute approximate surface area is 98.2 Å². The summed E-state index contributed by atoms with van der Waals surface area (Å²) in [5.74, 6) is 3.88. The lowest BCUT2D eigenvalue weighted by Crippen LogP contribution is -2.20. The van der Waals surface area contributed by atoms with Crippen molar-refractivity contribution in [2.45, 2.75) is 39.2 Å². The van der Waals surface area contributed by atoms with E-state index in [1.807, 2.05) is 6.92 Å². The predicted octanol–water partition coefficient (Wildman–Crippen LogP) is 3.16. The molecule has 0 aromatic heterocycles. The Kier molecular flexibility index (Phi) is 2.47. The molecule has 0 aliphatic heterocycles. The van der Waals surface area contributed by atoms with Gasteiger partial charge in [-0.1, -0.05) is 30.7 Å². The van der Waals surface area contributed by atoms with Crippen molar-refractivity contribution in [1.29, 1.82) is 0 Å². The van der Waals surface area contributed by atoms with Gasteiger partial charge in [-0.05, 0) is 55.8 Å². The van der Waals surface area contributed by atoms with Crippen LogP contribution in [0.1, 0.15) is 33.1 Å². The van der Waals surface area contributed by atoms with E-state index >= 15 is 0 Å². The SMILES string of the molecule is CC(O)C(C)/C=C1\C[C@H]2C[C@@H]1[C@@H]1C=CC[C@H]21. The number of rotatable bonds is 2. The van der Waals surface area contributed by atoms with E-state index in [0.29, 0.717) is 5.92 Å². The van der Waals surface area contributed by atoms with Crippen molar-refractivity contribution in [3.63, 3.8) is 0 Å². The standard InChI is InChI=1S/C15H22O/c1-9(10(2)16)6-11-7-12-8-15(11)14-5-3-4-13(12)14/h3,5-6,9-10,12-16H,4,7-8H2,1-2H3/b11-6+/t9?,10?,12-,13+,14+,15-/m0/s1. The Morgan fingerprint density at radius 3 is 3.00 bits per heavy atom. The number of aliphatic hydroxyl groups excluding tert-OH is 1. The largest absolute Gasteiger partial charge is 0.393 e. The molecule has 2 bridgehead atoms. The molecule has 1 heteroatoms. The molecule has 0 spiro atoms.